The Kier molecular flexibility index (Phi) is 14.8. The minimum atomic E-state index is -1.04. The summed E-state index contributed by atoms with van der Waals surface area (Å²) in [5.41, 5.74) is 12.6. The number of fused-ring (bicyclic) bond motifs is 1. The van der Waals surface area contributed by atoms with E-state index < -0.39 is 47.6 Å². The standard InChI is InChI=1S/C36H49N7O7/c1-21(2)16-28(42-34(47)29(17-22(3)4)43-36(48)49-20-24-10-7-6-8-11-24)33(46)41-27(12-9-15-39-35(37)38)32(45)40-25-13-14-26-23(5)18-31(44)50-30(26)19-25/h6-8,10-11,13-14,18-19,21-22,27-29H,9,12,15-17,20H2,1-5H3,(H,40,45)(H,41,46)(H,42,47)(H,43,48)(H4,37,38,39). The number of aryl methyl sites for hydroxylation is 1. The molecule has 0 aliphatic rings. The van der Waals surface area contributed by atoms with Crippen molar-refractivity contribution >= 4 is 46.4 Å². The van der Waals surface area contributed by atoms with Crippen molar-refractivity contribution in [2.75, 3.05) is 11.9 Å². The first kappa shape index (κ1) is 39.0. The molecule has 0 spiro atoms. The van der Waals surface area contributed by atoms with Crippen LogP contribution in [0.2, 0.25) is 0 Å². The fourth-order valence-corrected chi connectivity index (χ4v) is 5.26. The van der Waals surface area contributed by atoms with Crippen LogP contribution in [0.25, 0.3) is 11.0 Å². The number of carbonyl (C=O) groups excluding carboxylic acids is 4. The smallest absolute Gasteiger partial charge is 0.408 e. The fourth-order valence-electron chi connectivity index (χ4n) is 5.26. The number of hydrogen-bond donors (Lipinski definition) is 6. The third kappa shape index (κ3) is 12.9. The normalized spacial score (nSPS) is 12.9. The van der Waals surface area contributed by atoms with E-state index in [-0.39, 0.29) is 43.8 Å². The number of nitrogens with zero attached hydrogens (tertiary/aromatic N) is 1. The molecule has 3 atom stereocenters. The molecule has 0 fully saturated rings. The number of nitrogens with two attached hydrogens (primary N) is 2. The minimum Gasteiger partial charge on any atom is -0.445 e. The molecule has 14 nitrogen and oxygen atoms in total. The molecule has 0 bridgehead atoms. The van der Waals surface area contributed by atoms with Crippen LogP contribution in [0.3, 0.4) is 0 Å². The van der Waals surface area contributed by atoms with Crippen LogP contribution in [0.5, 0.6) is 0 Å². The van der Waals surface area contributed by atoms with Gasteiger partial charge < -0.3 is 41.9 Å². The number of benzene rings is 2. The molecule has 50 heavy (non-hydrogen) atoms. The van der Waals surface area contributed by atoms with Crippen molar-refractivity contribution in [2.45, 2.75) is 85.0 Å². The van der Waals surface area contributed by atoms with E-state index in [2.05, 4.69) is 26.3 Å². The lowest BCUT2D eigenvalue weighted by Crippen LogP contribution is -2.56. The Bertz CT molecular complexity index is 1700. The molecule has 4 amide bonds. The lowest BCUT2D eigenvalue weighted by atomic mass is 9.99. The van der Waals surface area contributed by atoms with Gasteiger partial charge >= 0.3 is 11.7 Å². The third-order valence-electron chi connectivity index (χ3n) is 7.67. The topological polar surface area (TPSA) is 220 Å². The Balaban J connectivity index is 1.76. The zero-order valence-corrected chi connectivity index (χ0v) is 29.3. The summed E-state index contributed by atoms with van der Waals surface area (Å²) >= 11 is 0. The highest BCUT2D eigenvalue weighted by molar-refractivity contribution is 6.00. The van der Waals surface area contributed by atoms with Crippen LogP contribution in [-0.4, -0.2) is 54.4 Å². The van der Waals surface area contributed by atoms with E-state index in [0.29, 0.717) is 29.5 Å². The summed E-state index contributed by atoms with van der Waals surface area (Å²) < 4.78 is 10.6. The summed E-state index contributed by atoms with van der Waals surface area (Å²) in [5.74, 6) is -1.75. The van der Waals surface area contributed by atoms with Crippen LogP contribution in [-0.2, 0) is 25.7 Å². The molecule has 3 aromatic rings. The second-order valence-corrected chi connectivity index (χ2v) is 13.0. The number of alkyl carbamates (subject to hydrolysis) is 1. The Hall–Kier alpha value is -5.40. The highest BCUT2D eigenvalue weighted by Crippen LogP contribution is 2.21. The van der Waals surface area contributed by atoms with Gasteiger partial charge in [-0.05, 0) is 67.7 Å². The second kappa shape index (κ2) is 19.0. The molecule has 0 aliphatic heterocycles. The molecule has 8 N–H and O–H groups in total. The summed E-state index contributed by atoms with van der Waals surface area (Å²) in [4.78, 5) is 69.5. The summed E-state index contributed by atoms with van der Waals surface area (Å²) in [6.07, 6.45) is 0.317. The quantitative estimate of drug-likeness (QED) is 0.0528. The lowest BCUT2D eigenvalue weighted by molar-refractivity contribution is -0.132. The first-order valence-electron chi connectivity index (χ1n) is 16.7. The van der Waals surface area contributed by atoms with Crippen molar-refractivity contribution in [1.82, 2.24) is 16.0 Å². The monoisotopic (exact) mass is 691 g/mol. The number of carbonyl (C=O) groups is 4. The van der Waals surface area contributed by atoms with Gasteiger partial charge in [-0.1, -0.05) is 58.0 Å². The van der Waals surface area contributed by atoms with E-state index in [4.69, 9.17) is 20.6 Å². The van der Waals surface area contributed by atoms with Gasteiger partial charge in [-0.15, -0.1) is 0 Å². The first-order chi connectivity index (χ1) is 23.7. The summed E-state index contributed by atoms with van der Waals surface area (Å²) in [5, 5.41) is 11.7. The van der Waals surface area contributed by atoms with Crippen LogP contribution in [0.1, 0.15) is 64.5 Å². The maximum Gasteiger partial charge on any atom is 0.408 e. The minimum absolute atomic E-state index is 0.0109. The second-order valence-electron chi connectivity index (χ2n) is 13.0. The maximum absolute atomic E-state index is 13.8. The van der Waals surface area contributed by atoms with E-state index in [1.807, 2.05) is 58.0 Å². The number of rotatable bonds is 17. The SMILES string of the molecule is Cc1cc(=O)oc2cc(NC(=O)C(CCCN=C(N)N)NC(=O)C(CC(C)C)NC(=O)C(CC(C)C)NC(=O)OCc3ccccc3)ccc12. The van der Waals surface area contributed by atoms with Gasteiger partial charge in [0.05, 0.1) is 0 Å². The van der Waals surface area contributed by atoms with Crippen molar-refractivity contribution in [1.29, 1.82) is 0 Å². The molecular weight excluding hydrogens is 642 g/mol. The van der Waals surface area contributed by atoms with Gasteiger partial charge in [0, 0.05) is 29.8 Å². The van der Waals surface area contributed by atoms with Gasteiger partial charge in [-0.25, -0.2) is 9.59 Å². The molecule has 0 saturated heterocycles. The number of nitrogens with one attached hydrogen (secondary N) is 4. The van der Waals surface area contributed by atoms with Crippen LogP contribution in [0.4, 0.5) is 10.5 Å². The Morgan fingerprint density at radius 1 is 0.820 bits per heavy atom. The molecular formula is C36H49N7O7. The molecule has 3 unspecified atom stereocenters. The molecule has 0 radical (unpaired) electrons. The number of amides is 4. The third-order valence-corrected chi connectivity index (χ3v) is 7.67. The lowest BCUT2D eigenvalue weighted by Gasteiger charge is -2.26. The molecule has 3 rings (SSSR count). The number of aliphatic imine (C=N–C) groups is 1. The summed E-state index contributed by atoms with van der Waals surface area (Å²) in [6.45, 7) is 9.65. The average Bonchev–Trinajstić information content (AvgIpc) is 3.04. The summed E-state index contributed by atoms with van der Waals surface area (Å²) in [7, 11) is 0. The van der Waals surface area contributed by atoms with E-state index in [1.165, 1.54) is 12.1 Å². The van der Waals surface area contributed by atoms with Gasteiger partial charge in [0.25, 0.3) is 0 Å². The van der Waals surface area contributed by atoms with Gasteiger partial charge in [-0.2, -0.15) is 0 Å². The highest BCUT2D eigenvalue weighted by atomic mass is 16.5. The molecule has 2 aromatic carbocycles. The van der Waals surface area contributed by atoms with E-state index >= 15 is 0 Å². The highest BCUT2D eigenvalue weighted by Gasteiger charge is 2.31. The molecule has 1 aromatic heterocycles. The van der Waals surface area contributed by atoms with E-state index in [1.54, 1.807) is 19.1 Å². The first-order valence-corrected chi connectivity index (χ1v) is 16.7. The van der Waals surface area contributed by atoms with Crippen molar-refractivity contribution in [3.63, 3.8) is 0 Å². The van der Waals surface area contributed by atoms with Crippen molar-refractivity contribution in [3.05, 3.63) is 76.1 Å². The maximum atomic E-state index is 13.8. The Morgan fingerprint density at radius 2 is 1.44 bits per heavy atom. The average molecular weight is 692 g/mol. The summed E-state index contributed by atoms with van der Waals surface area (Å²) in [6, 6.07) is 12.4. The van der Waals surface area contributed by atoms with Crippen LogP contribution in [0, 0.1) is 18.8 Å². The van der Waals surface area contributed by atoms with Crippen molar-refractivity contribution < 1.29 is 28.3 Å². The van der Waals surface area contributed by atoms with Gasteiger partial charge in [0.2, 0.25) is 17.7 Å². The molecule has 0 saturated carbocycles. The zero-order chi connectivity index (χ0) is 36.8. The van der Waals surface area contributed by atoms with Crippen molar-refractivity contribution in [2.24, 2.45) is 28.3 Å². The van der Waals surface area contributed by atoms with E-state index in [9.17, 15) is 24.0 Å². The number of ether oxygens (including phenoxy) is 1. The fraction of sp³-hybridized carbons (Fsp3) is 0.444. The van der Waals surface area contributed by atoms with Crippen LogP contribution in [0.15, 0.2) is 68.8 Å². The largest absolute Gasteiger partial charge is 0.445 e. The molecule has 14 heteroatoms. The van der Waals surface area contributed by atoms with Gasteiger partial charge in [-0.3, -0.25) is 19.4 Å². The predicted octanol–water partition coefficient (Wildman–Crippen LogP) is 3.45. The van der Waals surface area contributed by atoms with E-state index in [0.717, 1.165) is 11.1 Å². The number of hydrogen-bond acceptors (Lipinski definition) is 8. The molecule has 0 aliphatic carbocycles. The predicted molar refractivity (Wildman–Crippen MR) is 192 cm³/mol. The van der Waals surface area contributed by atoms with Gasteiger partial charge in [0.15, 0.2) is 5.96 Å². The number of guanidine groups is 1. The van der Waals surface area contributed by atoms with Crippen LogP contribution < -0.4 is 38.4 Å². The van der Waals surface area contributed by atoms with Crippen LogP contribution >= 0.6 is 0 Å². The van der Waals surface area contributed by atoms with Gasteiger partial charge in [0.1, 0.15) is 30.3 Å². The number of anilines is 1. The van der Waals surface area contributed by atoms with Crippen molar-refractivity contribution in [3.8, 4) is 0 Å². The zero-order valence-electron chi connectivity index (χ0n) is 29.3. The Labute approximate surface area is 291 Å². The Morgan fingerprint density at radius 3 is 2.06 bits per heavy atom. The molecule has 1 heterocycles. The molecule has 270 valence electrons.